The summed E-state index contributed by atoms with van der Waals surface area (Å²) in [6.07, 6.45) is 0.307. The number of aliphatic hydroxyl groups excluding tert-OH is 1. The summed E-state index contributed by atoms with van der Waals surface area (Å²) in [6.45, 7) is 1.19. The number of Topliss-reactive ketones (excluding diaryl/α,β-unsaturated/α-hetero) is 1. The van der Waals surface area contributed by atoms with Gasteiger partial charge in [0.25, 0.3) is 11.7 Å². The van der Waals surface area contributed by atoms with Crippen LogP contribution in [0.2, 0.25) is 0 Å². The summed E-state index contributed by atoms with van der Waals surface area (Å²) in [7, 11) is -3.71. The van der Waals surface area contributed by atoms with Gasteiger partial charge in [-0.25, -0.2) is 21.5 Å². The number of benzene rings is 1. The summed E-state index contributed by atoms with van der Waals surface area (Å²) in [5.41, 5.74) is -2.45. The van der Waals surface area contributed by atoms with Gasteiger partial charge in [0.05, 0.1) is 5.75 Å². The topological polar surface area (TPSA) is 83.9 Å². The standard InChI is InChI=1S/C14H13F2NO5S/c1-14(9-7-8(15)3-4-10(9)16)12(19)11(18)13(22-14)17-5-2-6-23(17,20)21/h3-4,7,18H,2,5-6H2,1H3. The van der Waals surface area contributed by atoms with Crippen molar-refractivity contribution in [3.8, 4) is 0 Å². The lowest BCUT2D eigenvalue weighted by Crippen LogP contribution is -2.33. The lowest BCUT2D eigenvalue weighted by molar-refractivity contribution is -0.132. The molecule has 1 fully saturated rings. The van der Waals surface area contributed by atoms with E-state index in [1.54, 1.807) is 0 Å². The molecular formula is C14H13F2NO5S. The highest BCUT2D eigenvalue weighted by Gasteiger charge is 2.52. The van der Waals surface area contributed by atoms with E-state index in [1.165, 1.54) is 0 Å². The first-order chi connectivity index (χ1) is 10.7. The zero-order valence-corrected chi connectivity index (χ0v) is 12.9. The molecule has 2 aliphatic rings. The van der Waals surface area contributed by atoms with Crippen LogP contribution in [0.4, 0.5) is 8.78 Å². The van der Waals surface area contributed by atoms with E-state index in [2.05, 4.69) is 0 Å². The number of rotatable bonds is 2. The minimum atomic E-state index is -3.71. The second-order valence-electron chi connectivity index (χ2n) is 5.48. The van der Waals surface area contributed by atoms with Crippen LogP contribution in [0.15, 0.2) is 29.8 Å². The predicted molar refractivity (Wildman–Crippen MR) is 74.6 cm³/mol. The molecule has 2 heterocycles. The molecule has 0 bridgehead atoms. The van der Waals surface area contributed by atoms with Gasteiger partial charge in [-0.1, -0.05) is 0 Å². The normalized spacial score (nSPS) is 26.7. The Hall–Kier alpha value is -2.16. The molecule has 124 valence electrons. The van der Waals surface area contributed by atoms with Gasteiger partial charge in [0.15, 0.2) is 0 Å². The lowest BCUT2D eigenvalue weighted by Gasteiger charge is -2.26. The van der Waals surface area contributed by atoms with Crippen LogP contribution in [0.5, 0.6) is 0 Å². The molecule has 0 radical (unpaired) electrons. The third-order valence-electron chi connectivity index (χ3n) is 3.92. The molecule has 23 heavy (non-hydrogen) atoms. The summed E-state index contributed by atoms with van der Waals surface area (Å²) in [6, 6.07) is 2.48. The molecule has 1 N–H and O–H groups in total. The number of hydrogen-bond donors (Lipinski definition) is 1. The van der Waals surface area contributed by atoms with Gasteiger partial charge in [-0.3, -0.25) is 4.79 Å². The van der Waals surface area contributed by atoms with Crippen molar-refractivity contribution in [3.63, 3.8) is 0 Å². The number of ketones is 1. The van der Waals surface area contributed by atoms with E-state index in [4.69, 9.17) is 4.74 Å². The molecule has 1 aromatic carbocycles. The van der Waals surface area contributed by atoms with Gasteiger partial charge in [-0.2, -0.15) is 0 Å². The van der Waals surface area contributed by atoms with Crippen molar-refractivity contribution in [2.45, 2.75) is 18.9 Å². The van der Waals surface area contributed by atoms with E-state index in [0.29, 0.717) is 6.42 Å². The number of carbonyl (C=O) groups excluding carboxylic acids is 1. The number of sulfonamides is 1. The zero-order chi connectivity index (χ0) is 17.0. The maximum Gasteiger partial charge on any atom is 0.252 e. The van der Waals surface area contributed by atoms with Crippen LogP contribution >= 0.6 is 0 Å². The minimum Gasteiger partial charge on any atom is -0.501 e. The van der Waals surface area contributed by atoms with Crippen LogP contribution in [0, 0.1) is 11.6 Å². The Morgan fingerprint density at radius 2 is 2.04 bits per heavy atom. The summed E-state index contributed by atoms with van der Waals surface area (Å²) < 4.78 is 57.4. The molecule has 1 aromatic rings. The summed E-state index contributed by atoms with van der Waals surface area (Å²) in [5, 5.41) is 9.99. The highest BCUT2D eigenvalue weighted by atomic mass is 32.2. The molecule has 1 unspecified atom stereocenters. The van der Waals surface area contributed by atoms with E-state index in [1.807, 2.05) is 0 Å². The fourth-order valence-corrected chi connectivity index (χ4v) is 4.19. The molecule has 6 nitrogen and oxygen atoms in total. The SMILES string of the molecule is CC1(c2cc(F)ccc2F)OC(N2CCCS2(=O)=O)=C(O)C1=O. The molecule has 0 aromatic heterocycles. The van der Waals surface area contributed by atoms with Gasteiger partial charge in [0.1, 0.15) is 11.6 Å². The van der Waals surface area contributed by atoms with Crippen LogP contribution < -0.4 is 0 Å². The molecule has 0 saturated carbocycles. The van der Waals surface area contributed by atoms with Crippen molar-refractivity contribution in [2.24, 2.45) is 0 Å². The van der Waals surface area contributed by atoms with E-state index in [-0.39, 0.29) is 12.3 Å². The molecule has 2 aliphatic heterocycles. The Morgan fingerprint density at radius 1 is 1.35 bits per heavy atom. The number of carbonyl (C=O) groups is 1. The number of ether oxygens (including phenoxy) is 1. The molecule has 0 spiro atoms. The van der Waals surface area contributed by atoms with Crippen LogP contribution in [-0.4, -0.2) is 35.9 Å². The molecule has 1 atom stereocenters. The Labute approximate surface area is 131 Å². The van der Waals surface area contributed by atoms with Crippen molar-refractivity contribution >= 4 is 15.8 Å². The van der Waals surface area contributed by atoms with E-state index >= 15 is 0 Å². The average molecular weight is 345 g/mol. The Balaban J connectivity index is 2.06. The van der Waals surface area contributed by atoms with Gasteiger partial charge in [0, 0.05) is 12.1 Å². The maximum absolute atomic E-state index is 14.0. The van der Waals surface area contributed by atoms with Crippen molar-refractivity contribution in [2.75, 3.05) is 12.3 Å². The van der Waals surface area contributed by atoms with Crippen molar-refractivity contribution in [3.05, 3.63) is 47.0 Å². The minimum absolute atomic E-state index is 0.0384. The highest BCUT2D eigenvalue weighted by molar-refractivity contribution is 7.89. The monoisotopic (exact) mass is 345 g/mol. The number of nitrogens with zero attached hydrogens (tertiary/aromatic N) is 1. The third kappa shape index (κ3) is 2.26. The first kappa shape index (κ1) is 15.7. The number of aliphatic hydroxyl groups is 1. The molecule has 0 aliphatic carbocycles. The third-order valence-corrected chi connectivity index (χ3v) is 5.74. The second-order valence-corrected chi connectivity index (χ2v) is 7.50. The summed E-state index contributed by atoms with van der Waals surface area (Å²) in [4.78, 5) is 12.3. The van der Waals surface area contributed by atoms with E-state index in [9.17, 15) is 27.1 Å². The van der Waals surface area contributed by atoms with Gasteiger partial charge in [-0.15, -0.1) is 0 Å². The maximum atomic E-state index is 14.0. The molecule has 0 amide bonds. The average Bonchev–Trinajstić information content (AvgIpc) is 2.94. The zero-order valence-electron chi connectivity index (χ0n) is 12.0. The quantitative estimate of drug-likeness (QED) is 0.879. The largest absolute Gasteiger partial charge is 0.501 e. The molecular weight excluding hydrogens is 332 g/mol. The molecule has 3 rings (SSSR count). The first-order valence-electron chi connectivity index (χ1n) is 6.80. The van der Waals surface area contributed by atoms with Gasteiger partial charge < -0.3 is 9.84 Å². The molecule has 1 saturated heterocycles. The summed E-state index contributed by atoms with van der Waals surface area (Å²) in [5.74, 6) is -4.33. The van der Waals surface area contributed by atoms with Crippen LogP contribution in [0.25, 0.3) is 0 Å². The van der Waals surface area contributed by atoms with Crippen molar-refractivity contribution in [1.29, 1.82) is 0 Å². The number of hydrogen-bond acceptors (Lipinski definition) is 5. The van der Waals surface area contributed by atoms with Crippen molar-refractivity contribution in [1.82, 2.24) is 4.31 Å². The summed E-state index contributed by atoms with van der Waals surface area (Å²) >= 11 is 0. The number of halogens is 2. The fraction of sp³-hybridized carbons (Fsp3) is 0.357. The van der Waals surface area contributed by atoms with E-state index in [0.717, 1.165) is 29.4 Å². The van der Waals surface area contributed by atoms with Crippen LogP contribution in [0.1, 0.15) is 18.9 Å². The van der Waals surface area contributed by atoms with Gasteiger partial charge in [0.2, 0.25) is 21.4 Å². The van der Waals surface area contributed by atoms with Crippen molar-refractivity contribution < 1.29 is 31.8 Å². The predicted octanol–water partition coefficient (Wildman–Crippen LogP) is 1.54. The Kier molecular flexibility index (Phi) is 3.36. The van der Waals surface area contributed by atoms with Crippen LogP contribution in [-0.2, 0) is 25.2 Å². The Morgan fingerprint density at radius 3 is 2.65 bits per heavy atom. The van der Waals surface area contributed by atoms with Gasteiger partial charge >= 0.3 is 0 Å². The lowest BCUT2D eigenvalue weighted by atomic mass is 9.91. The molecule has 9 heteroatoms. The fourth-order valence-electron chi connectivity index (χ4n) is 2.69. The van der Waals surface area contributed by atoms with Crippen LogP contribution in [0.3, 0.4) is 0 Å². The highest BCUT2D eigenvalue weighted by Crippen LogP contribution is 2.41. The first-order valence-corrected chi connectivity index (χ1v) is 8.41. The van der Waals surface area contributed by atoms with Gasteiger partial charge in [-0.05, 0) is 31.5 Å². The smallest absolute Gasteiger partial charge is 0.252 e. The second kappa shape index (κ2) is 4.92. The Bertz CT molecular complexity index is 836. The van der Waals surface area contributed by atoms with E-state index < -0.39 is 50.2 Å².